The SMILES string of the molecule is Cc1ccc([C@@](C)(O)C/C=C/C(C)(C)O)cc1. The molecule has 2 heteroatoms. The summed E-state index contributed by atoms with van der Waals surface area (Å²) in [4.78, 5) is 0. The lowest BCUT2D eigenvalue weighted by Crippen LogP contribution is -2.21. The average molecular weight is 234 g/mol. The van der Waals surface area contributed by atoms with E-state index in [-0.39, 0.29) is 0 Å². The molecule has 0 spiro atoms. The second kappa shape index (κ2) is 5.03. The maximum atomic E-state index is 10.3. The Bertz CT molecular complexity index is 380. The molecule has 0 fully saturated rings. The number of rotatable bonds is 4. The third-order valence-electron chi connectivity index (χ3n) is 2.71. The topological polar surface area (TPSA) is 40.5 Å². The van der Waals surface area contributed by atoms with Gasteiger partial charge in [0.1, 0.15) is 0 Å². The van der Waals surface area contributed by atoms with E-state index < -0.39 is 11.2 Å². The quantitative estimate of drug-likeness (QED) is 0.786. The van der Waals surface area contributed by atoms with Crippen molar-refractivity contribution in [2.75, 3.05) is 0 Å². The van der Waals surface area contributed by atoms with Crippen molar-refractivity contribution >= 4 is 0 Å². The molecule has 0 bridgehead atoms. The van der Waals surface area contributed by atoms with Gasteiger partial charge in [-0.2, -0.15) is 0 Å². The van der Waals surface area contributed by atoms with Crippen LogP contribution in [0.3, 0.4) is 0 Å². The van der Waals surface area contributed by atoms with E-state index >= 15 is 0 Å². The molecule has 2 nitrogen and oxygen atoms in total. The Morgan fingerprint density at radius 1 is 1.06 bits per heavy atom. The van der Waals surface area contributed by atoms with Gasteiger partial charge in [-0.1, -0.05) is 42.0 Å². The van der Waals surface area contributed by atoms with Crippen molar-refractivity contribution in [2.24, 2.45) is 0 Å². The van der Waals surface area contributed by atoms with Crippen LogP contribution < -0.4 is 0 Å². The van der Waals surface area contributed by atoms with Gasteiger partial charge in [-0.15, -0.1) is 0 Å². The van der Waals surface area contributed by atoms with Gasteiger partial charge in [0, 0.05) is 0 Å². The lowest BCUT2D eigenvalue weighted by Gasteiger charge is -2.23. The van der Waals surface area contributed by atoms with Crippen LogP contribution in [0.1, 0.15) is 38.3 Å². The average Bonchev–Trinajstić information content (AvgIpc) is 2.15. The molecular weight excluding hydrogens is 212 g/mol. The van der Waals surface area contributed by atoms with Crippen molar-refractivity contribution in [3.63, 3.8) is 0 Å². The summed E-state index contributed by atoms with van der Waals surface area (Å²) in [6, 6.07) is 7.85. The fourth-order valence-corrected chi connectivity index (χ4v) is 1.61. The standard InChI is InChI=1S/C15H22O2/c1-12-6-8-13(9-7-12)15(4,17)11-5-10-14(2,3)16/h5-10,16-17H,11H2,1-4H3/b10-5+/t15-/m0/s1. The molecule has 0 amide bonds. The highest BCUT2D eigenvalue weighted by Crippen LogP contribution is 2.25. The summed E-state index contributed by atoms with van der Waals surface area (Å²) in [6.07, 6.45) is 4.01. The minimum Gasteiger partial charge on any atom is -0.386 e. The van der Waals surface area contributed by atoms with Crippen LogP contribution in [0.25, 0.3) is 0 Å². The molecule has 0 saturated carbocycles. The van der Waals surface area contributed by atoms with E-state index in [2.05, 4.69) is 0 Å². The maximum absolute atomic E-state index is 10.3. The van der Waals surface area contributed by atoms with Crippen molar-refractivity contribution in [2.45, 2.75) is 45.3 Å². The zero-order chi connectivity index (χ0) is 13.1. The van der Waals surface area contributed by atoms with Gasteiger partial charge in [0.15, 0.2) is 0 Å². The largest absolute Gasteiger partial charge is 0.386 e. The third kappa shape index (κ3) is 4.72. The van der Waals surface area contributed by atoms with Crippen LogP contribution in [-0.2, 0) is 5.60 Å². The molecule has 1 rings (SSSR count). The molecule has 1 aromatic rings. The van der Waals surface area contributed by atoms with Gasteiger partial charge in [-0.05, 0) is 39.7 Å². The number of benzene rings is 1. The van der Waals surface area contributed by atoms with Gasteiger partial charge in [0.05, 0.1) is 11.2 Å². The Morgan fingerprint density at radius 3 is 2.06 bits per heavy atom. The van der Waals surface area contributed by atoms with Crippen molar-refractivity contribution in [1.82, 2.24) is 0 Å². The van der Waals surface area contributed by atoms with Crippen molar-refractivity contribution in [3.05, 3.63) is 47.5 Å². The molecule has 0 radical (unpaired) electrons. The third-order valence-corrected chi connectivity index (χ3v) is 2.71. The highest BCUT2D eigenvalue weighted by Gasteiger charge is 2.21. The first-order chi connectivity index (χ1) is 7.71. The Hall–Kier alpha value is -1.12. The van der Waals surface area contributed by atoms with Crippen LogP contribution in [-0.4, -0.2) is 15.8 Å². The monoisotopic (exact) mass is 234 g/mol. The molecule has 1 aromatic carbocycles. The number of aryl methyl sites for hydroxylation is 1. The zero-order valence-corrected chi connectivity index (χ0v) is 11.1. The van der Waals surface area contributed by atoms with Crippen LogP contribution in [0, 0.1) is 6.92 Å². The maximum Gasteiger partial charge on any atom is 0.0902 e. The minimum absolute atomic E-state index is 0.486. The number of aliphatic hydroxyl groups is 2. The van der Waals surface area contributed by atoms with Crippen LogP contribution in [0.4, 0.5) is 0 Å². The van der Waals surface area contributed by atoms with Crippen LogP contribution >= 0.6 is 0 Å². The summed E-state index contributed by atoms with van der Waals surface area (Å²) in [5, 5.41) is 19.9. The van der Waals surface area contributed by atoms with Crippen molar-refractivity contribution in [1.29, 1.82) is 0 Å². The van der Waals surface area contributed by atoms with E-state index in [1.165, 1.54) is 5.56 Å². The van der Waals surface area contributed by atoms with E-state index in [4.69, 9.17) is 0 Å². The predicted molar refractivity (Wildman–Crippen MR) is 70.8 cm³/mol. The minimum atomic E-state index is -0.893. The molecule has 1 atom stereocenters. The fourth-order valence-electron chi connectivity index (χ4n) is 1.61. The zero-order valence-electron chi connectivity index (χ0n) is 11.1. The number of hydrogen-bond donors (Lipinski definition) is 2. The van der Waals surface area contributed by atoms with Crippen LogP contribution in [0.15, 0.2) is 36.4 Å². The Labute approximate surface area is 104 Å². The lowest BCUT2D eigenvalue weighted by molar-refractivity contribution is 0.0597. The molecule has 0 heterocycles. The molecule has 0 aliphatic carbocycles. The Morgan fingerprint density at radius 2 is 1.59 bits per heavy atom. The van der Waals surface area contributed by atoms with Crippen LogP contribution in [0.5, 0.6) is 0 Å². The van der Waals surface area contributed by atoms with Gasteiger partial charge in [0.2, 0.25) is 0 Å². The molecule has 94 valence electrons. The smallest absolute Gasteiger partial charge is 0.0902 e. The Kier molecular flexibility index (Phi) is 4.12. The van der Waals surface area contributed by atoms with E-state index in [0.29, 0.717) is 6.42 Å². The molecule has 17 heavy (non-hydrogen) atoms. The van der Waals surface area contributed by atoms with E-state index in [9.17, 15) is 10.2 Å². The first-order valence-electron chi connectivity index (χ1n) is 5.90. The van der Waals surface area contributed by atoms with Gasteiger partial charge in [-0.3, -0.25) is 0 Å². The van der Waals surface area contributed by atoms with E-state index in [0.717, 1.165) is 5.56 Å². The molecular formula is C15H22O2. The van der Waals surface area contributed by atoms with E-state index in [1.807, 2.05) is 37.3 Å². The number of hydrogen-bond acceptors (Lipinski definition) is 2. The van der Waals surface area contributed by atoms with Crippen molar-refractivity contribution in [3.8, 4) is 0 Å². The van der Waals surface area contributed by atoms with Gasteiger partial charge in [0.25, 0.3) is 0 Å². The van der Waals surface area contributed by atoms with Gasteiger partial charge >= 0.3 is 0 Å². The fraction of sp³-hybridized carbons (Fsp3) is 0.467. The second-order valence-corrected chi connectivity index (χ2v) is 5.40. The van der Waals surface area contributed by atoms with Crippen molar-refractivity contribution < 1.29 is 10.2 Å². The molecule has 0 aromatic heterocycles. The molecule has 0 unspecified atom stereocenters. The molecule has 0 aliphatic heterocycles. The van der Waals surface area contributed by atoms with Crippen LogP contribution in [0.2, 0.25) is 0 Å². The lowest BCUT2D eigenvalue weighted by atomic mass is 9.91. The molecule has 0 saturated heterocycles. The Balaban J connectivity index is 2.75. The highest BCUT2D eigenvalue weighted by atomic mass is 16.3. The van der Waals surface area contributed by atoms with E-state index in [1.54, 1.807) is 26.8 Å². The first-order valence-corrected chi connectivity index (χ1v) is 5.90. The highest BCUT2D eigenvalue weighted by molar-refractivity contribution is 5.26. The molecule has 2 N–H and O–H groups in total. The summed E-state index contributed by atoms with van der Waals surface area (Å²) in [5.74, 6) is 0. The summed E-state index contributed by atoms with van der Waals surface area (Å²) < 4.78 is 0. The molecule has 0 aliphatic rings. The summed E-state index contributed by atoms with van der Waals surface area (Å²) in [7, 11) is 0. The van der Waals surface area contributed by atoms with Gasteiger partial charge in [-0.25, -0.2) is 0 Å². The summed E-state index contributed by atoms with van der Waals surface area (Å²) in [5.41, 5.74) is 0.346. The predicted octanol–water partition coefficient (Wildman–Crippen LogP) is 2.92. The second-order valence-electron chi connectivity index (χ2n) is 5.40. The summed E-state index contributed by atoms with van der Waals surface area (Å²) in [6.45, 7) is 7.23. The first kappa shape index (κ1) is 13.9. The van der Waals surface area contributed by atoms with Gasteiger partial charge < -0.3 is 10.2 Å². The normalized spacial score (nSPS) is 16.1. The summed E-state index contributed by atoms with van der Waals surface area (Å²) >= 11 is 0.